The van der Waals surface area contributed by atoms with E-state index in [0.717, 1.165) is 11.1 Å². The molecule has 0 aliphatic carbocycles. The third-order valence-electron chi connectivity index (χ3n) is 2.97. The lowest BCUT2D eigenvalue weighted by molar-refractivity contribution is 0.175. The molecule has 0 spiro atoms. The van der Waals surface area contributed by atoms with Crippen molar-refractivity contribution in [3.63, 3.8) is 0 Å². The Labute approximate surface area is 109 Å². The molecule has 4 heteroatoms. The van der Waals surface area contributed by atoms with Gasteiger partial charge in [-0.05, 0) is 36.2 Å². The molecule has 1 rings (SSSR count). The minimum atomic E-state index is -0.549. The number of benzene rings is 1. The Balaban J connectivity index is 3.28. The van der Waals surface area contributed by atoms with Crippen molar-refractivity contribution in [1.82, 2.24) is 5.32 Å². The van der Waals surface area contributed by atoms with Gasteiger partial charge in [0.15, 0.2) is 11.5 Å². The zero-order valence-corrected chi connectivity index (χ0v) is 11.8. The van der Waals surface area contributed by atoms with Gasteiger partial charge in [-0.15, -0.1) is 0 Å². The van der Waals surface area contributed by atoms with Crippen LogP contribution in [0.2, 0.25) is 0 Å². The number of ether oxygens (including phenoxy) is 2. The van der Waals surface area contributed by atoms with Gasteiger partial charge in [0.05, 0.1) is 20.3 Å². The molecule has 2 N–H and O–H groups in total. The van der Waals surface area contributed by atoms with Crippen LogP contribution in [0.5, 0.6) is 11.5 Å². The molecule has 0 amide bonds. The van der Waals surface area contributed by atoms with E-state index in [2.05, 4.69) is 19.2 Å². The van der Waals surface area contributed by atoms with E-state index >= 15 is 0 Å². The Kier molecular flexibility index (Phi) is 5.44. The number of hydrogen-bond acceptors (Lipinski definition) is 4. The van der Waals surface area contributed by atoms with Crippen molar-refractivity contribution in [2.45, 2.75) is 25.9 Å². The van der Waals surface area contributed by atoms with E-state index in [4.69, 9.17) is 9.47 Å². The summed E-state index contributed by atoms with van der Waals surface area (Å²) in [5.41, 5.74) is 1.97. The largest absolute Gasteiger partial charge is 0.493 e. The van der Waals surface area contributed by atoms with Gasteiger partial charge >= 0.3 is 0 Å². The molecule has 0 aliphatic rings. The minimum Gasteiger partial charge on any atom is -0.493 e. The maximum Gasteiger partial charge on any atom is 0.161 e. The number of aliphatic hydroxyl groups excluding tert-OH is 1. The number of nitrogens with one attached hydrogen (secondary N) is 1. The first-order valence-corrected chi connectivity index (χ1v) is 6.13. The van der Waals surface area contributed by atoms with Crippen LogP contribution in [0.4, 0.5) is 0 Å². The fourth-order valence-electron chi connectivity index (χ4n) is 2.00. The predicted molar refractivity (Wildman–Crippen MR) is 72.5 cm³/mol. The molecule has 102 valence electrons. The summed E-state index contributed by atoms with van der Waals surface area (Å²) >= 11 is 0. The Morgan fingerprint density at radius 3 is 2.00 bits per heavy atom. The second-order valence-corrected chi connectivity index (χ2v) is 4.56. The molecule has 0 radical (unpaired) electrons. The van der Waals surface area contributed by atoms with Gasteiger partial charge in [0.25, 0.3) is 0 Å². The van der Waals surface area contributed by atoms with Gasteiger partial charge in [-0.1, -0.05) is 13.8 Å². The Bertz CT molecular complexity index is 391. The second-order valence-electron chi connectivity index (χ2n) is 4.56. The van der Waals surface area contributed by atoms with Crippen LogP contribution < -0.4 is 14.8 Å². The highest BCUT2D eigenvalue weighted by Crippen LogP contribution is 2.36. The van der Waals surface area contributed by atoms with Gasteiger partial charge in [-0.3, -0.25) is 0 Å². The van der Waals surface area contributed by atoms with E-state index in [9.17, 15) is 5.11 Å². The fourth-order valence-corrected chi connectivity index (χ4v) is 2.00. The molecule has 1 aromatic rings. The highest BCUT2D eigenvalue weighted by atomic mass is 16.5. The van der Waals surface area contributed by atoms with Crippen LogP contribution in [0.3, 0.4) is 0 Å². The summed E-state index contributed by atoms with van der Waals surface area (Å²) in [5.74, 6) is 1.65. The molecule has 1 aromatic carbocycles. The first-order chi connectivity index (χ1) is 8.54. The second kappa shape index (κ2) is 6.61. The topological polar surface area (TPSA) is 50.7 Å². The average molecular weight is 253 g/mol. The molecular formula is C14H23NO3. The molecule has 0 aliphatic heterocycles. The van der Waals surface area contributed by atoms with E-state index in [-0.39, 0.29) is 0 Å². The average Bonchev–Trinajstić information content (AvgIpc) is 2.37. The smallest absolute Gasteiger partial charge is 0.161 e. The Hall–Kier alpha value is -1.26. The van der Waals surface area contributed by atoms with Crippen molar-refractivity contribution >= 4 is 0 Å². The molecule has 4 nitrogen and oxygen atoms in total. The highest BCUT2D eigenvalue weighted by molar-refractivity contribution is 5.49. The lowest BCUT2D eigenvalue weighted by atomic mass is 9.93. The van der Waals surface area contributed by atoms with Crippen molar-refractivity contribution in [2.24, 2.45) is 0 Å². The quantitative estimate of drug-likeness (QED) is 0.815. The molecule has 1 atom stereocenters. The van der Waals surface area contributed by atoms with Crippen LogP contribution in [0, 0.1) is 0 Å². The van der Waals surface area contributed by atoms with Crippen LogP contribution in [0.25, 0.3) is 0 Å². The normalized spacial score (nSPS) is 12.6. The number of rotatable bonds is 6. The Morgan fingerprint density at radius 1 is 1.11 bits per heavy atom. The molecule has 1 unspecified atom stereocenters. The molecule has 0 bridgehead atoms. The number of hydrogen-bond donors (Lipinski definition) is 2. The summed E-state index contributed by atoms with van der Waals surface area (Å²) in [6, 6.07) is 3.80. The molecular weight excluding hydrogens is 230 g/mol. The van der Waals surface area contributed by atoms with Gasteiger partial charge in [0.2, 0.25) is 0 Å². The van der Waals surface area contributed by atoms with E-state index in [1.165, 1.54) is 0 Å². The monoisotopic (exact) mass is 253 g/mol. The van der Waals surface area contributed by atoms with Gasteiger partial charge in [-0.2, -0.15) is 0 Å². The Morgan fingerprint density at radius 2 is 1.61 bits per heavy atom. The highest BCUT2D eigenvalue weighted by Gasteiger charge is 2.18. The van der Waals surface area contributed by atoms with E-state index in [0.29, 0.717) is 24.0 Å². The SMILES string of the molecule is CNCC(O)c1cc(OC)c(OC)cc1C(C)C. The number of methoxy groups -OCH3 is 2. The van der Waals surface area contributed by atoms with Crippen LogP contribution in [0.15, 0.2) is 12.1 Å². The third-order valence-corrected chi connectivity index (χ3v) is 2.97. The van der Waals surface area contributed by atoms with E-state index < -0.39 is 6.10 Å². The molecule has 0 saturated carbocycles. The van der Waals surface area contributed by atoms with Gasteiger partial charge in [0.1, 0.15) is 0 Å². The molecule has 0 saturated heterocycles. The van der Waals surface area contributed by atoms with Crippen molar-refractivity contribution < 1.29 is 14.6 Å². The summed E-state index contributed by atoms with van der Waals surface area (Å²) in [7, 11) is 5.03. The molecule has 0 heterocycles. The fraction of sp³-hybridized carbons (Fsp3) is 0.571. The predicted octanol–water partition coefficient (Wildman–Crippen LogP) is 2.08. The van der Waals surface area contributed by atoms with Crippen LogP contribution >= 0.6 is 0 Å². The lowest BCUT2D eigenvalue weighted by Gasteiger charge is -2.20. The minimum absolute atomic E-state index is 0.311. The molecule has 18 heavy (non-hydrogen) atoms. The number of aliphatic hydroxyl groups is 1. The van der Waals surface area contributed by atoms with Crippen molar-refractivity contribution in [2.75, 3.05) is 27.8 Å². The third kappa shape index (κ3) is 3.15. The summed E-state index contributed by atoms with van der Waals surface area (Å²) in [6.07, 6.45) is -0.549. The summed E-state index contributed by atoms with van der Waals surface area (Å²) < 4.78 is 10.6. The van der Waals surface area contributed by atoms with Gasteiger partial charge in [-0.25, -0.2) is 0 Å². The van der Waals surface area contributed by atoms with Gasteiger partial charge < -0.3 is 19.9 Å². The summed E-state index contributed by atoms with van der Waals surface area (Å²) in [4.78, 5) is 0. The maximum absolute atomic E-state index is 10.2. The van der Waals surface area contributed by atoms with Crippen LogP contribution in [-0.2, 0) is 0 Å². The number of likely N-dealkylation sites (N-methyl/N-ethyl adjacent to an activating group) is 1. The van der Waals surface area contributed by atoms with E-state index in [1.54, 1.807) is 14.2 Å². The van der Waals surface area contributed by atoms with Crippen LogP contribution in [0.1, 0.15) is 37.0 Å². The summed E-state index contributed by atoms with van der Waals surface area (Å²) in [6.45, 7) is 4.70. The molecule has 0 fully saturated rings. The first kappa shape index (κ1) is 14.8. The van der Waals surface area contributed by atoms with Gasteiger partial charge in [0, 0.05) is 6.54 Å². The van der Waals surface area contributed by atoms with Crippen molar-refractivity contribution in [3.05, 3.63) is 23.3 Å². The zero-order chi connectivity index (χ0) is 13.7. The van der Waals surface area contributed by atoms with Crippen molar-refractivity contribution in [3.8, 4) is 11.5 Å². The lowest BCUT2D eigenvalue weighted by Crippen LogP contribution is -2.18. The zero-order valence-electron chi connectivity index (χ0n) is 11.8. The first-order valence-electron chi connectivity index (χ1n) is 6.13. The van der Waals surface area contributed by atoms with Crippen LogP contribution in [-0.4, -0.2) is 32.9 Å². The van der Waals surface area contributed by atoms with Crippen molar-refractivity contribution in [1.29, 1.82) is 0 Å². The maximum atomic E-state index is 10.2. The summed E-state index contributed by atoms with van der Waals surface area (Å²) in [5, 5.41) is 13.2. The standard InChI is InChI=1S/C14H23NO3/c1-9(2)10-6-13(17-4)14(18-5)7-11(10)12(16)8-15-3/h6-7,9,12,15-16H,8H2,1-5H3. The van der Waals surface area contributed by atoms with E-state index in [1.807, 2.05) is 19.2 Å². The molecule has 0 aromatic heterocycles.